The van der Waals surface area contributed by atoms with Crippen LogP contribution in [0, 0.1) is 5.92 Å². The summed E-state index contributed by atoms with van der Waals surface area (Å²) in [5.41, 5.74) is 3.68. The van der Waals surface area contributed by atoms with E-state index < -0.39 is 201 Å². The molecule has 0 spiro atoms. The minimum absolute atomic E-state index is 0.0847. The second-order valence-electron chi connectivity index (χ2n) is 26.7. The number of aromatic nitrogens is 3. The van der Waals surface area contributed by atoms with Crippen molar-refractivity contribution in [1.29, 1.82) is 0 Å². The van der Waals surface area contributed by atoms with Crippen LogP contribution in [0.25, 0.3) is 11.1 Å². The first kappa shape index (κ1) is 77.7. The number of phenolic OH excluding ortho intramolecular Hbond substituents is 3. The minimum atomic E-state index is -2.31. The largest absolute Gasteiger partial charge is 0.508 e. The van der Waals surface area contributed by atoms with Crippen molar-refractivity contribution in [3.8, 4) is 57.1 Å². The van der Waals surface area contributed by atoms with Crippen LogP contribution < -0.4 is 57.2 Å². The van der Waals surface area contributed by atoms with Gasteiger partial charge in [-0.05, 0) is 109 Å². The van der Waals surface area contributed by atoms with Gasteiger partial charge >= 0.3 is 5.97 Å². The van der Waals surface area contributed by atoms with Crippen LogP contribution in [0.15, 0.2) is 85.1 Å². The molecular formula is C71H83Cl2N11O21. The lowest BCUT2D eigenvalue weighted by molar-refractivity contribution is -0.275. The number of rotatable bonds is 21. The number of ether oxygens (including phenoxy) is 4. The Bertz CT molecular complexity index is 4260. The summed E-state index contributed by atoms with van der Waals surface area (Å²) < 4.78 is 27.4. The molecule has 0 radical (unpaired) electrons. The highest BCUT2D eigenvalue weighted by Gasteiger charge is 2.47. The number of nitrogens with one attached hydrogen (secondary N) is 7. The number of hydrogen-bond donors (Lipinski definition) is 17. The molecule has 1 saturated heterocycles. The lowest BCUT2D eigenvalue weighted by Gasteiger charge is -2.40. The Morgan fingerprint density at radius 2 is 1.28 bits per heavy atom. The molecule has 34 heteroatoms. The molecule has 562 valence electrons. The number of hydrogen-bond acceptors (Lipinski definition) is 23. The molecule has 6 aromatic rings. The maximum Gasteiger partial charge on any atom is 0.330 e. The Labute approximate surface area is 610 Å². The maximum absolute atomic E-state index is 16.0. The molecule has 7 heterocycles. The predicted octanol–water partition coefficient (Wildman–Crippen LogP) is 3.85. The number of aliphatic hydroxyl groups excluding tert-OH is 5. The molecule has 11 bridgehead atoms. The minimum Gasteiger partial charge on any atom is -0.508 e. The number of likely N-dealkylation sites (N-methyl/N-ethyl adjacent to an activating group) is 1. The van der Waals surface area contributed by atoms with Crippen LogP contribution in [0.3, 0.4) is 0 Å². The van der Waals surface area contributed by atoms with Crippen molar-refractivity contribution in [3.63, 3.8) is 0 Å². The van der Waals surface area contributed by atoms with Crippen molar-refractivity contribution >= 4 is 70.5 Å². The van der Waals surface area contributed by atoms with E-state index in [0.29, 0.717) is 12.1 Å². The number of aliphatic hydroxyl groups is 5. The SMILES string of the molecule is CCCCCCCCCCc1cn(C[C@H]2O[C@@H](Oc3c4cc5cc3Oc3ccc(cc3Cl)[C@@H](O)[C@@H](NC(=O)[C@@H](CC(C)C)NC)C(=O)N[C@@H](CC(N)=O)C(=O)N[C@H]5C(=O)N[C@H]3C(=O)N[C@H](C(=O)N[C@H](C(=O)O)c5cc(O)cc(O)c5-c5cc3ccc5O)[C@H](O)c3ccc(c(Cl)c3)O4)[C@H](O)[C@@H](O)[C@@H]2O)nn1. The lowest BCUT2D eigenvalue weighted by Crippen LogP contribution is -2.60. The summed E-state index contributed by atoms with van der Waals surface area (Å²) in [6, 6.07) is -0.241. The molecule has 6 aliphatic heterocycles. The second-order valence-corrected chi connectivity index (χ2v) is 27.5. The van der Waals surface area contributed by atoms with Crippen molar-refractivity contribution in [2.75, 3.05) is 7.05 Å². The number of carbonyl (C=O) groups excluding carboxylic acids is 7. The molecule has 12 rings (SSSR count). The predicted molar refractivity (Wildman–Crippen MR) is 372 cm³/mol. The van der Waals surface area contributed by atoms with E-state index in [9.17, 15) is 69.9 Å². The van der Waals surface area contributed by atoms with E-state index in [4.69, 9.17) is 47.9 Å². The van der Waals surface area contributed by atoms with Crippen LogP contribution in [0.4, 0.5) is 0 Å². The average molecular weight is 1500 g/mol. The van der Waals surface area contributed by atoms with E-state index >= 15 is 14.4 Å². The highest BCUT2D eigenvalue weighted by molar-refractivity contribution is 6.32. The van der Waals surface area contributed by atoms with Crippen molar-refractivity contribution in [1.82, 2.24) is 52.2 Å². The van der Waals surface area contributed by atoms with Gasteiger partial charge in [0.05, 0.1) is 34.7 Å². The number of carboxylic acid groups (broad SMARTS) is 1. The zero-order chi connectivity index (χ0) is 75.8. The molecule has 32 nitrogen and oxygen atoms in total. The van der Waals surface area contributed by atoms with Gasteiger partial charge in [0, 0.05) is 29.0 Å². The summed E-state index contributed by atoms with van der Waals surface area (Å²) in [5.74, 6) is -15.6. The van der Waals surface area contributed by atoms with Gasteiger partial charge in [0.15, 0.2) is 17.5 Å². The normalized spacial score (nSPS) is 24.3. The average Bonchev–Trinajstić information content (AvgIpc) is 0.862. The first-order chi connectivity index (χ1) is 50.0. The summed E-state index contributed by atoms with van der Waals surface area (Å²) in [6.07, 6.45) is -3.68. The molecule has 0 saturated carbocycles. The van der Waals surface area contributed by atoms with E-state index in [2.05, 4.69) is 54.5 Å². The van der Waals surface area contributed by atoms with E-state index in [1.165, 1.54) is 42.8 Å². The molecule has 1 fully saturated rings. The van der Waals surface area contributed by atoms with Crippen LogP contribution in [0.2, 0.25) is 10.0 Å². The second kappa shape index (κ2) is 33.9. The van der Waals surface area contributed by atoms with Gasteiger partial charge in [-0.15, -0.1) is 5.10 Å². The number of nitrogens with two attached hydrogens (primary N) is 1. The lowest BCUT2D eigenvalue weighted by atomic mass is 9.89. The summed E-state index contributed by atoms with van der Waals surface area (Å²) in [4.78, 5) is 117. The zero-order valence-electron chi connectivity index (χ0n) is 57.3. The van der Waals surface area contributed by atoms with Crippen LogP contribution in [0.5, 0.6) is 46.0 Å². The third-order valence-electron chi connectivity index (χ3n) is 18.5. The Kier molecular flexibility index (Phi) is 25.1. The van der Waals surface area contributed by atoms with E-state index in [1.807, 2.05) is 13.8 Å². The number of amides is 7. The number of benzene rings is 5. The van der Waals surface area contributed by atoms with Gasteiger partial charge in [0.25, 0.3) is 0 Å². The van der Waals surface area contributed by atoms with Crippen LogP contribution in [-0.4, -0.2) is 170 Å². The molecule has 14 atom stereocenters. The highest BCUT2D eigenvalue weighted by atomic mass is 35.5. The third-order valence-corrected chi connectivity index (χ3v) is 19.0. The fourth-order valence-electron chi connectivity index (χ4n) is 12.9. The van der Waals surface area contributed by atoms with E-state index in [0.717, 1.165) is 99.2 Å². The molecule has 7 amide bonds. The van der Waals surface area contributed by atoms with E-state index in [1.54, 1.807) is 6.20 Å². The topological polar surface area (TPSA) is 496 Å². The number of aromatic hydroxyl groups is 3. The fourth-order valence-corrected chi connectivity index (χ4v) is 13.4. The Balaban J connectivity index is 1.16. The molecule has 0 aliphatic carbocycles. The van der Waals surface area contributed by atoms with Gasteiger partial charge in [0.2, 0.25) is 53.4 Å². The number of primary amides is 1. The molecule has 0 unspecified atom stereocenters. The first-order valence-electron chi connectivity index (χ1n) is 34.2. The number of aliphatic carboxylic acids is 1. The summed E-state index contributed by atoms with van der Waals surface area (Å²) in [7, 11) is 1.49. The van der Waals surface area contributed by atoms with E-state index in [-0.39, 0.29) is 52.1 Å². The number of phenols is 3. The first-order valence-corrected chi connectivity index (χ1v) is 34.9. The maximum atomic E-state index is 16.0. The van der Waals surface area contributed by atoms with Gasteiger partial charge in [-0.25, -0.2) is 9.48 Å². The standard InChI is InChI=1S/C71H83Cl2N11O21/c1-5-6-7-8-9-10-11-12-13-36-29-84(83-82-36)30-50-60(91)61(92)62(93)71(104-50)105-63-48-24-35-25-49(63)103-47-19-16-34(23-41(47)73)59(90)57-69(99)79-55(70(100)101)39-26-37(85)27-45(87)52(39)38-21-32(14-17-44(38)86)53(66(96)81-57)78-67(97)54(35)77-65(95)43(28-51(74)88)76-68(98)56(80-64(94)42(75-4)20-31(2)3)58(89)33-15-18-46(102-48)40(72)22-33/h14-19,21-27,29,31,42-43,50,53-62,71,75,85-87,89-93H,5-13,20,28,30H2,1-4H3,(H2,74,88)(H,76,98)(H,77,95)(H,78,97)(H,79,99)(H,80,94)(H,81,96)(H,100,101)/t42-,43+,50-,53-,54-,55+,56-,57+,58-,59-,60-,61+,62-,71+/m1/s1. The van der Waals surface area contributed by atoms with Gasteiger partial charge in [0.1, 0.15) is 95.6 Å². The number of carboxylic acids is 1. The van der Waals surface area contributed by atoms with Gasteiger partial charge in [-0.1, -0.05) is 112 Å². The Hall–Kier alpha value is -9.90. The monoisotopic (exact) mass is 1500 g/mol. The van der Waals surface area contributed by atoms with Crippen LogP contribution in [0.1, 0.15) is 149 Å². The third kappa shape index (κ3) is 18.1. The van der Waals surface area contributed by atoms with Crippen molar-refractivity contribution in [2.45, 2.75) is 183 Å². The summed E-state index contributed by atoms with van der Waals surface area (Å²) in [5, 5.41) is 129. The molecule has 1 aromatic heterocycles. The number of halogens is 2. The van der Waals surface area contributed by atoms with Crippen molar-refractivity contribution in [3.05, 3.63) is 129 Å². The van der Waals surface area contributed by atoms with Crippen LogP contribution in [-0.2, 0) is 56.1 Å². The molecular weight excluding hydrogens is 1410 g/mol. The van der Waals surface area contributed by atoms with Crippen molar-refractivity contribution in [2.24, 2.45) is 11.7 Å². The quantitative estimate of drug-likeness (QED) is 0.0455. The number of carbonyl (C=O) groups is 8. The molecule has 105 heavy (non-hydrogen) atoms. The van der Waals surface area contributed by atoms with Gasteiger partial charge in [-0.3, -0.25) is 33.6 Å². The fraction of sp³-hybridized carbons (Fsp3) is 0.437. The number of unbranched alkanes of at least 4 members (excludes halogenated alkanes) is 7. The number of nitrogens with zero attached hydrogens (tertiary/aromatic N) is 3. The summed E-state index contributed by atoms with van der Waals surface area (Å²) >= 11 is 14.1. The smallest absolute Gasteiger partial charge is 0.330 e. The molecule has 6 aliphatic rings. The van der Waals surface area contributed by atoms with Crippen LogP contribution >= 0.6 is 23.2 Å². The Morgan fingerprint density at radius 1 is 0.667 bits per heavy atom. The Morgan fingerprint density at radius 3 is 1.90 bits per heavy atom. The molecule has 5 aromatic carbocycles. The van der Waals surface area contributed by atoms with Crippen molar-refractivity contribution < 1.29 is 103 Å². The molecule has 18 N–H and O–H groups in total. The number of fused-ring (bicyclic) bond motifs is 15. The van der Waals surface area contributed by atoms with Gasteiger partial charge < -0.3 is 108 Å². The number of aryl methyl sites for hydroxylation is 1. The highest BCUT2D eigenvalue weighted by Crippen LogP contribution is 2.49. The summed E-state index contributed by atoms with van der Waals surface area (Å²) in [6.45, 7) is 5.54. The van der Waals surface area contributed by atoms with Gasteiger partial charge in [-0.2, -0.15) is 0 Å². The zero-order valence-corrected chi connectivity index (χ0v) is 58.8.